The molecular weight excluding hydrogens is 358 g/mol. The summed E-state index contributed by atoms with van der Waals surface area (Å²) >= 11 is 0. The molecule has 0 amide bonds. The largest absolute Gasteiger partial charge is 0.478 e. The van der Waals surface area contributed by atoms with Gasteiger partial charge in [0, 0.05) is 22.6 Å². The Labute approximate surface area is 173 Å². The average molecular weight is 388 g/mol. The molecule has 3 heteroatoms. The van der Waals surface area contributed by atoms with Crippen molar-refractivity contribution in [1.29, 1.82) is 0 Å². The number of allylic oxidation sites excluding steroid dienone is 2. The summed E-state index contributed by atoms with van der Waals surface area (Å²) in [7, 11) is 0. The van der Waals surface area contributed by atoms with Crippen molar-refractivity contribution in [2.45, 2.75) is 33.6 Å². The summed E-state index contributed by atoms with van der Waals surface area (Å²) < 4.78 is 2.18. The number of hydrogen-bond acceptors (Lipinski definition) is 1. The van der Waals surface area contributed by atoms with Gasteiger partial charge in [-0.05, 0) is 56.2 Å². The SMILES string of the molecule is C/C=C/c1cc(-c2ccccc2)c(CCC)n1-c1cccc(C(=O)O)c1.C=CC. The molecular formula is C26H29NO2. The van der Waals surface area contributed by atoms with E-state index in [0.29, 0.717) is 5.56 Å². The Kier molecular flexibility index (Phi) is 8.23. The highest BCUT2D eigenvalue weighted by molar-refractivity contribution is 5.88. The molecule has 3 nitrogen and oxygen atoms in total. The van der Waals surface area contributed by atoms with E-state index in [1.807, 2.05) is 44.2 Å². The van der Waals surface area contributed by atoms with Gasteiger partial charge in [-0.3, -0.25) is 0 Å². The number of carbonyl (C=O) groups is 1. The van der Waals surface area contributed by atoms with E-state index in [9.17, 15) is 9.90 Å². The third-order valence-electron chi connectivity index (χ3n) is 4.39. The average Bonchev–Trinajstić information content (AvgIpc) is 3.08. The third kappa shape index (κ3) is 5.35. The number of carboxylic acids is 1. The van der Waals surface area contributed by atoms with Gasteiger partial charge in [0.1, 0.15) is 0 Å². The molecule has 0 unspecified atom stereocenters. The molecule has 0 bridgehead atoms. The van der Waals surface area contributed by atoms with Crippen LogP contribution in [0.1, 0.15) is 48.9 Å². The van der Waals surface area contributed by atoms with Crippen molar-refractivity contribution in [3.05, 3.63) is 96.3 Å². The molecule has 3 rings (SSSR count). The summed E-state index contributed by atoms with van der Waals surface area (Å²) in [6.45, 7) is 9.40. The first-order chi connectivity index (χ1) is 14.1. The highest BCUT2D eigenvalue weighted by Gasteiger charge is 2.17. The van der Waals surface area contributed by atoms with Gasteiger partial charge < -0.3 is 9.67 Å². The van der Waals surface area contributed by atoms with Gasteiger partial charge in [0.05, 0.1) is 5.56 Å². The van der Waals surface area contributed by atoms with Gasteiger partial charge in [0.15, 0.2) is 0 Å². The van der Waals surface area contributed by atoms with E-state index in [1.54, 1.807) is 24.3 Å². The minimum Gasteiger partial charge on any atom is -0.478 e. The van der Waals surface area contributed by atoms with Crippen LogP contribution in [-0.4, -0.2) is 15.6 Å². The Bertz CT molecular complexity index is 981. The van der Waals surface area contributed by atoms with E-state index in [1.165, 1.54) is 16.8 Å². The van der Waals surface area contributed by atoms with Crippen LogP contribution < -0.4 is 0 Å². The fourth-order valence-corrected chi connectivity index (χ4v) is 3.30. The number of aromatic carboxylic acids is 1. The van der Waals surface area contributed by atoms with Crippen LogP contribution in [0.15, 0.2) is 79.4 Å². The molecule has 0 saturated carbocycles. The first-order valence-electron chi connectivity index (χ1n) is 9.90. The molecule has 1 aromatic heterocycles. The minimum absolute atomic E-state index is 0.298. The number of rotatable bonds is 6. The Morgan fingerprint density at radius 2 is 1.76 bits per heavy atom. The van der Waals surface area contributed by atoms with Crippen molar-refractivity contribution in [2.24, 2.45) is 0 Å². The van der Waals surface area contributed by atoms with Crippen LogP contribution in [0.4, 0.5) is 0 Å². The fourth-order valence-electron chi connectivity index (χ4n) is 3.30. The lowest BCUT2D eigenvalue weighted by molar-refractivity contribution is 0.0697. The number of hydrogen-bond donors (Lipinski definition) is 1. The lowest BCUT2D eigenvalue weighted by Gasteiger charge is -2.14. The normalized spacial score (nSPS) is 10.4. The number of carboxylic acid groups (broad SMARTS) is 1. The molecule has 0 aliphatic carbocycles. The lowest BCUT2D eigenvalue weighted by atomic mass is 10.0. The van der Waals surface area contributed by atoms with Crippen LogP contribution in [0.2, 0.25) is 0 Å². The zero-order valence-electron chi connectivity index (χ0n) is 17.4. The van der Waals surface area contributed by atoms with Crippen LogP contribution in [0.25, 0.3) is 22.9 Å². The van der Waals surface area contributed by atoms with Crippen LogP contribution in [0, 0.1) is 0 Å². The molecule has 0 spiro atoms. The van der Waals surface area contributed by atoms with Gasteiger partial charge in [-0.1, -0.05) is 61.9 Å². The zero-order chi connectivity index (χ0) is 21.2. The molecule has 1 heterocycles. The minimum atomic E-state index is -0.910. The second kappa shape index (κ2) is 10.9. The highest BCUT2D eigenvalue weighted by Crippen LogP contribution is 2.32. The molecule has 0 fully saturated rings. The Balaban J connectivity index is 0.000000941. The zero-order valence-corrected chi connectivity index (χ0v) is 17.4. The molecule has 1 N–H and O–H groups in total. The summed E-state index contributed by atoms with van der Waals surface area (Å²) in [5.41, 5.74) is 5.80. The van der Waals surface area contributed by atoms with E-state index >= 15 is 0 Å². The Morgan fingerprint density at radius 1 is 1.07 bits per heavy atom. The monoisotopic (exact) mass is 387 g/mol. The van der Waals surface area contributed by atoms with Gasteiger partial charge in [-0.2, -0.15) is 0 Å². The Hall–Kier alpha value is -3.33. The maximum atomic E-state index is 11.4. The van der Waals surface area contributed by atoms with Gasteiger partial charge >= 0.3 is 5.97 Å². The first kappa shape index (κ1) is 22.0. The highest BCUT2D eigenvalue weighted by atomic mass is 16.4. The molecule has 0 saturated heterocycles. The lowest BCUT2D eigenvalue weighted by Crippen LogP contribution is -2.05. The Morgan fingerprint density at radius 3 is 2.34 bits per heavy atom. The summed E-state index contributed by atoms with van der Waals surface area (Å²) in [6.07, 6.45) is 7.76. The van der Waals surface area contributed by atoms with E-state index in [0.717, 1.165) is 24.2 Å². The van der Waals surface area contributed by atoms with Crippen molar-refractivity contribution < 1.29 is 9.90 Å². The first-order valence-corrected chi connectivity index (χ1v) is 9.90. The van der Waals surface area contributed by atoms with Crippen molar-refractivity contribution in [3.63, 3.8) is 0 Å². The van der Waals surface area contributed by atoms with Gasteiger partial charge in [0.25, 0.3) is 0 Å². The molecule has 0 aliphatic rings. The topological polar surface area (TPSA) is 42.2 Å². The molecule has 0 aliphatic heterocycles. The second-order valence-corrected chi connectivity index (χ2v) is 6.64. The van der Waals surface area contributed by atoms with E-state index in [-0.39, 0.29) is 0 Å². The van der Waals surface area contributed by atoms with Crippen molar-refractivity contribution in [3.8, 4) is 16.8 Å². The smallest absolute Gasteiger partial charge is 0.335 e. The van der Waals surface area contributed by atoms with Crippen LogP contribution in [0.3, 0.4) is 0 Å². The maximum absolute atomic E-state index is 11.4. The van der Waals surface area contributed by atoms with Crippen molar-refractivity contribution in [1.82, 2.24) is 4.57 Å². The molecule has 29 heavy (non-hydrogen) atoms. The number of nitrogens with zero attached hydrogens (tertiary/aromatic N) is 1. The van der Waals surface area contributed by atoms with E-state index in [4.69, 9.17) is 0 Å². The van der Waals surface area contributed by atoms with Crippen LogP contribution in [-0.2, 0) is 6.42 Å². The van der Waals surface area contributed by atoms with Gasteiger partial charge in [0.2, 0.25) is 0 Å². The predicted molar refractivity (Wildman–Crippen MR) is 123 cm³/mol. The van der Waals surface area contributed by atoms with E-state index < -0.39 is 5.97 Å². The predicted octanol–water partition coefficient (Wildman–Crippen LogP) is 7.02. The number of aromatic nitrogens is 1. The summed E-state index contributed by atoms with van der Waals surface area (Å²) in [6, 6.07) is 19.7. The molecule has 150 valence electrons. The maximum Gasteiger partial charge on any atom is 0.335 e. The van der Waals surface area contributed by atoms with Crippen molar-refractivity contribution in [2.75, 3.05) is 0 Å². The second-order valence-electron chi connectivity index (χ2n) is 6.64. The van der Waals surface area contributed by atoms with E-state index in [2.05, 4.69) is 42.3 Å². The fraction of sp³-hybridized carbons (Fsp3) is 0.192. The summed E-state index contributed by atoms with van der Waals surface area (Å²) in [4.78, 5) is 11.4. The van der Waals surface area contributed by atoms with Crippen LogP contribution >= 0.6 is 0 Å². The standard InChI is InChI=1S/C23H23NO2.C3H6/c1-3-9-19-16-21(17-11-6-5-7-12-17)22(10-4-2)24(19)20-14-8-13-18(15-20)23(25)26;1-3-2/h3,5-9,11-16H,4,10H2,1-2H3,(H,25,26);3H,1H2,2H3/b9-3+;. The molecule has 0 radical (unpaired) electrons. The summed E-state index contributed by atoms with van der Waals surface area (Å²) in [5.74, 6) is -0.910. The van der Waals surface area contributed by atoms with Gasteiger partial charge in [-0.25, -0.2) is 4.79 Å². The quantitative estimate of drug-likeness (QED) is 0.462. The molecule has 0 atom stereocenters. The van der Waals surface area contributed by atoms with Crippen molar-refractivity contribution >= 4 is 12.0 Å². The number of benzene rings is 2. The molecule has 3 aromatic rings. The summed E-state index contributed by atoms with van der Waals surface area (Å²) in [5, 5.41) is 9.36. The van der Waals surface area contributed by atoms with Crippen LogP contribution in [0.5, 0.6) is 0 Å². The third-order valence-corrected chi connectivity index (χ3v) is 4.39. The van der Waals surface area contributed by atoms with Gasteiger partial charge in [-0.15, -0.1) is 6.58 Å². The molecule has 2 aromatic carbocycles.